The van der Waals surface area contributed by atoms with Crippen LogP contribution in [0.2, 0.25) is 0 Å². The minimum absolute atomic E-state index is 0.0513. The van der Waals surface area contributed by atoms with Gasteiger partial charge in [0.2, 0.25) is 0 Å². The van der Waals surface area contributed by atoms with Crippen molar-refractivity contribution in [2.75, 3.05) is 17.2 Å². The van der Waals surface area contributed by atoms with Crippen LogP contribution in [0.4, 0.5) is 15.9 Å². The Morgan fingerprint density at radius 1 is 1.17 bits per heavy atom. The molecule has 7 nitrogen and oxygen atoms in total. The molecule has 0 fully saturated rings. The number of nitrogens with one attached hydrogen (secondary N) is 1. The number of amides is 1. The van der Waals surface area contributed by atoms with E-state index in [0.717, 1.165) is 25.3 Å². The van der Waals surface area contributed by atoms with Gasteiger partial charge in [0.25, 0.3) is 11.5 Å². The fraction of sp³-hybridized carbons (Fsp3) is 0.476. The molecular formula is C21H29FN4O3. The lowest BCUT2D eigenvalue weighted by molar-refractivity contribution is 0.0985. The van der Waals surface area contributed by atoms with E-state index in [2.05, 4.69) is 4.98 Å². The molecule has 0 saturated heterocycles. The third kappa shape index (κ3) is 5.13. The zero-order valence-electron chi connectivity index (χ0n) is 17.3. The average molecular weight is 404 g/mol. The molecule has 8 heteroatoms. The van der Waals surface area contributed by atoms with E-state index in [0.29, 0.717) is 24.9 Å². The highest BCUT2D eigenvalue weighted by atomic mass is 19.1. The summed E-state index contributed by atoms with van der Waals surface area (Å²) in [5.74, 6) is -1.08. The number of rotatable bonds is 9. The molecule has 0 saturated carbocycles. The van der Waals surface area contributed by atoms with Gasteiger partial charge in [0.1, 0.15) is 11.6 Å². The van der Waals surface area contributed by atoms with Gasteiger partial charge in [-0.25, -0.2) is 9.18 Å². The van der Waals surface area contributed by atoms with Gasteiger partial charge in [0.05, 0.1) is 0 Å². The standard InChI is InChI=1S/C21H29FN4O3/c1-4-6-8-12-25(20(28)15-10-9-14(3)16(22)13-15)17-18(23)26(11-7-5-2)21(29)24-19(17)27/h9-10,13H,4-8,11-12,23H2,1-3H3,(H,24,27,29). The Balaban J connectivity index is 2.57. The Morgan fingerprint density at radius 2 is 1.86 bits per heavy atom. The molecule has 0 spiro atoms. The first-order valence-electron chi connectivity index (χ1n) is 10.0. The topological polar surface area (TPSA) is 101 Å². The highest BCUT2D eigenvalue weighted by Gasteiger charge is 2.25. The highest BCUT2D eigenvalue weighted by molar-refractivity contribution is 6.07. The lowest BCUT2D eigenvalue weighted by Crippen LogP contribution is -2.41. The number of nitrogens with zero attached hydrogens (tertiary/aromatic N) is 2. The predicted molar refractivity (Wildman–Crippen MR) is 113 cm³/mol. The molecule has 1 aromatic heterocycles. The second-order valence-corrected chi connectivity index (χ2v) is 7.13. The van der Waals surface area contributed by atoms with Crippen molar-refractivity contribution in [1.29, 1.82) is 0 Å². The molecule has 2 rings (SSSR count). The summed E-state index contributed by atoms with van der Waals surface area (Å²) in [7, 11) is 0. The van der Waals surface area contributed by atoms with Crippen LogP contribution in [0.1, 0.15) is 61.9 Å². The molecule has 0 unspecified atom stereocenters. The molecule has 29 heavy (non-hydrogen) atoms. The molecule has 3 N–H and O–H groups in total. The number of nitrogen functional groups attached to an aromatic ring is 1. The normalized spacial score (nSPS) is 10.9. The maximum atomic E-state index is 14.0. The van der Waals surface area contributed by atoms with Crippen LogP contribution in [0.25, 0.3) is 0 Å². The van der Waals surface area contributed by atoms with Crippen LogP contribution in [0.3, 0.4) is 0 Å². The van der Waals surface area contributed by atoms with Crippen LogP contribution >= 0.6 is 0 Å². The Labute approximate surface area is 169 Å². The van der Waals surface area contributed by atoms with E-state index in [1.807, 2.05) is 13.8 Å². The second-order valence-electron chi connectivity index (χ2n) is 7.13. The van der Waals surface area contributed by atoms with Crippen molar-refractivity contribution < 1.29 is 9.18 Å². The van der Waals surface area contributed by atoms with E-state index in [9.17, 15) is 18.8 Å². The molecule has 0 aliphatic heterocycles. The van der Waals surface area contributed by atoms with Crippen LogP contribution < -0.4 is 21.9 Å². The van der Waals surface area contributed by atoms with Gasteiger partial charge < -0.3 is 10.6 Å². The van der Waals surface area contributed by atoms with Gasteiger partial charge in [-0.1, -0.05) is 39.2 Å². The Kier molecular flexibility index (Phi) is 7.75. The smallest absolute Gasteiger partial charge is 0.330 e. The number of aromatic amines is 1. The van der Waals surface area contributed by atoms with Crippen LogP contribution in [-0.2, 0) is 6.54 Å². The van der Waals surface area contributed by atoms with E-state index in [1.165, 1.54) is 21.6 Å². The van der Waals surface area contributed by atoms with Crippen molar-refractivity contribution in [3.05, 3.63) is 56.0 Å². The van der Waals surface area contributed by atoms with Crippen molar-refractivity contribution in [3.63, 3.8) is 0 Å². The molecule has 1 aromatic carbocycles. The average Bonchev–Trinajstić information content (AvgIpc) is 2.68. The molecule has 0 radical (unpaired) electrons. The van der Waals surface area contributed by atoms with Gasteiger partial charge in [-0.15, -0.1) is 0 Å². The van der Waals surface area contributed by atoms with Gasteiger partial charge in [-0.05, 0) is 37.5 Å². The number of aromatic nitrogens is 2. The number of carbonyl (C=O) groups excluding carboxylic acids is 1. The molecule has 0 bridgehead atoms. The number of aryl methyl sites for hydroxylation is 1. The summed E-state index contributed by atoms with van der Waals surface area (Å²) >= 11 is 0. The lowest BCUT2D eigenvalue weighted by Gasteiger charge is -2.25. The van der Waals surface area contributed by atoms with Crippen molar-refractivity contribution in [1.82, 2.24) is 9.55 Å². The van der Waals surface area contributed by atoms with Crippen molar-refractivity contribution >= 4 is 17.4 Å². The molecule has 1 amide bonds. The summed E-state index contributed by atoms with van der Waals surface area (Å²) < 4.78 is 15.3. The molecule has 0 atom stereocenters. The second kappa shape index (κ2) is 10.0. The summed E-state index contributed by atoms with van der Waals surface area (Å²) in [6, 6.07) is 4.19. The Morgan fingerprint density at radius 3 is 2.48 bits per heavy atom. The van der Waals surface area contributed by atoms with Gasteiger partial charge in [-0.3, -0.25) is 19.1 Å². The van der Waals surface area contributed by atoms with E-state index in [-0.39, 0.29) is 23.6 Å². The van der Waals surface area contributed by atoms with Crippen molar-refractivity contribution in [2.45, 2.75) is 59.4 Å². The molecule has 1 heterocycles. The molecular weight excluding hydrogens is 375 g/mol. The number of nitrogens with two attached hydrogens (primary N) is 1. The Hall–Kier alpha value is -2.90. The van der Waals surface area contributed by atoms with Crippen LogP contribution in [0, 0.1) is 12.7 Å². The molecule has 0 aliphatic carbocycles. The molecule has 158 valence electrons. The van der Waals surface area contributed by atoms with E-state index < -0.39 is 23.0 Å². The fourth-order valence-electron chi connectivity index (χ4n) is 3.09. The number of hydrogen-bond acceptors (Lipinski definition) is 4. The van der Waals surface area contributed by atoms with Crippen LogP contribution in [-0.4, -0.2) is 22.0 Å². The maximum absolute atomic E-state index is 14.0. The number of hydrogen-bond donors (Lipinski definition) is 2. The third-order valence-corrected chi connectivity index (χ3v) is 4.87. The van der Waals surface area contributed by atoms with Crippen molar-refractivity contribution in [2.24, 2.45) is 0 Å². The number of H-pyrrole nitrogens is 1. The monoisotopic (exact) mass is 404 g/mol. The summed E-state index contributed by atoms with van der Waals surface area (Å²) in [6.07, 6.45) is 3.94. The van der Waals surface area contributed by atoms with E-state index >= 15 is 0 Å². The minimum Gasteiger partial charge on any atom is -0.383 e. The zero-order chi connectivity index (χ0) is 21.6. The van der Waals surface area contributed by atoms with Gasteiger partial charge in [0.15, 0.2) is 5.69 Å². The van der Waals surface area contributed by atoms with Crippen LogP contribution in [0.5, 0.6) is 0 Å². The van der Waals surface area contributed by atoms with Crippen molar-refractivity contribution in [3.8, 4) is 0 Å². The summed E-state index contributed by atoms with van der Waals surface area (Å²) in [5, 5.41) is 0. The minimum atomic E-state index is -0.724. The SMILES string of the molecule is CCCCCN(C(=O)c1ccc(C)c(F)c1)c1c(N)n(CCCC)c(=O)[nH]c1=O. The molecule has 0 aliphatic rings. The molecule has 2 aromatic rings. The lowest BCUT2D eigenvalue weighted by atomic mass is 10.1. The van der Waals surface area contributed by atoms with Gasteiger partial charge in [0, 0.05) is 18.7 Å². The highest BCUT2D eigenvalue weighted by Crippen LogP contribution is 2.21. The fourth-order valence-corrected chi connectivity index (χ4v) is 3.09. The quantitative estimate of drug-likeness (QED) is 0.627. The van der Waals surface area contributed by atoms with Gasteiger partial charge in [-0.2, -0.15) is 0 Å². The number of anilines is 2. The number of carbonyl (C=O) groups is 1. The summed E-state index contributed by atoms with van der Waals surface area (Å²) in [4.78, 5) is 41.5. The summed E-state index contributed by atoms with van der Waals surface area (Å²) in [6.45, 7) is 6.17. The first kappa shape index (κ1) is 22.4. The summed E-state index contributed by atoms with van der Waals surface area (Å²) in [5.41, 5.74) is 5.32. The maximum Gasteiger partial charge on any atom is 0.330 e. The number of unbranched alkanes of at least 4 members (excludes halogenated alkanes) is 3. The van der Waals surface area contributed by atoms with Crippen LogP contribution in [0.15, 0.2) is 27.8 Å². The first-order valence-corrected chi connectivity index (χ1v) is 10.0. The zero-order valence-corrected chi connectivity index (χ0v) is 17.3. The number of benzene rings is 1. The Bertz CT molecular complexity index is 981. The first-order chi connectivity index (χ1) is 13.8. The largest absolute Gasteiger partial charge is 0.383 e. The third-order valence-electron chi connectivity index (χ3n) is 4.87. The van der Waals surface area contributed by atoms with Gasteiger partial charge >= 0.3 is 5.69 Å². The predicted octanol–water partition coefficient (Wildman–Crippen LogP) is 3.20. The van der Waals surface area contributed by atoms with E-state index in [1.54, 1.807) is 6.92 Å². The van der Waals surface area contributed by atoms with E-state index in [4.69, 9.17) is 5.73 Å². The number of halogens is 1.